The number of aryl methyl sites for hydroxylation is 1. The summed E-state index contributed by atoms with van der Waals surface area (Å²) < 4.78 is 28.3. The van der Waals surface area contributed by atoms with Crippen LogP contribution in [0.3, 0.4) is 0 Å². The van der Waals surface area contributed by atoms with Gasteiger partial charge < -0.3 is 4.90 Å². The van der Waals surface area contributed by atoms with Gasteiger partial charge in [0.25, 0.3) is 0 Å². The maximum absolute atomic E-state index is 12.8. The van der Waals surface area contributed by atoms with E-state index in [2.05, 4.69) is 18.6 Å². The van der Waals surface area contributed by atoms with Gasteiger partial charge in [0.05, 0.1) is 4.90 Å². The predicted molar refractivity (Wildman–Crippen MR) is 114 cm³/mol. The van der Waals surface area contributed by atoms with Crippen molar-refractivity contribution in [3.05, 3.63) is 59.7 Å². The van der Waals surface area contributed by atoms with Crippen molar-refractivity contribution in [1.29, 1.82) is 0 Å². The fourth-order valence-electron chi connectivity index (χ4n) is 4.00. The van der Waals surface area contributed by atoms with Crippen molar-refractivity contribution >= 4 is 21.6 Å². The van der Waals surface area contributed by atoms with E-state index in [1.807, 2.05) is 35.2 Å². The molecular weight excluding hydrogens is 384 g/mol. The van der Waals surface area contributed by atoms with Crippen LogP contribution in [0.4, 0.5) is 5.69 Å². The van der Waals surface area contributed by atoms with Crippen molar-refractivity contribution in [2.24, 2.45) is 5.92 Å². The number of fused-ring (bicyclic) bond motifs is 1. The molecule has 5 nitrogen and oxygen atoms in total. The van der Waals surface area contributed by atoms with Gasteiger partial charge >= 0.3 is 0 Å². The Morgan fingerprint density at radius 1 is 1.14 bits per heavy atom. The predicted octanol–water partition coefficient (Wildman–Crippen LogP) is 3.63. The lowest BCUT2D eigenvalue weighted by molar-refractivity contribution is -0.119. The molecule has 0 aromatic heterocycles. The molecule has 0 bridgehead atoms. The minimum atomic E-state index is -3.58. The minimum absolute atomic E-state index is 0.145. The number of carbonyl (C=O) groups is 1. The highest BCUT2D eigenvalue weighted by Crippen LogP contribution is 2.44. The summed E-state index contributed by atoms with van der Waals surface area (Å²) in [4.78, 5) is 14.7. The summed E-state index contributed by atoms with van der Waals surface area (Å²) in [6.07, 6.45) is 3.50. The number of hydrogen-bond donors (Lipinski definition) is 1. The molecule has 4 rings (SSSR count). The number of nitrogens with one attached hydrogen (secondary N) is 1. The maximum Gasteiger partial charge on any atom is 0.240 e. The van der Waals surface area contributed by atoms with Crippen molar-refractivity contribution in [3.8, 4) is 0 Å². The molecule has 0 unspecified atom stereocenters. The van der Waals surface area contributed by atoms with Crippen molar-refractivity contribution in [3.63, 3.8) is 0 Å². The first kappa shape index (κ1) is 20.1. The lowest BCUT2D eigenvalue weighted by Crippen LogP contribution is -2.34. The van der Waals surface area contributed by atoms with Crippen LogP contribution in [-0.2, 0) is 26.7 Å². The molecule has 2 aliphatic rings. The molecule has 0 radical (unpaired) electrons. The van der Waals surface area contributed by atoms with Crippen molar-refractivity contribution in [1.82, 2.24) is 4.72 Å². The van der Waals surface area contributed by atoms with Gasteiger partial charge in [-0.3, -0.25) is 4.79 Å². The molecule has 2 aromatic carbocycles. The van der Waals surface area contributed by atoms with Crippen molar-refractivity contribution in [2.45, 2.75) is 49.8 Å². The van der Waals surface area contributed by atoms with E-state index < -0.39 is 10.0 Å². The molecule has 154 valence electrons. The van der Waals surface area contributed by atoms with Crippen LogP contribution >= 0.6 is 0 Å². The van der Waals surface area contributed by atoms with Crippen LogP contribution in [0.15, 0.2) is 53.4 Å². The third kappa shape index (κ3) is 4.23. The van der Waals surface area contributed by atoms with Crippen molar-refractivity contribution < 1.29 is 13.2 Å². The van der Waals surface area contributed by atoms with E-state index >= 15 is 0 Å². The first-order valence-corrected chi connectivity index (χ1v) is 11.8. The first-order chi connectivity index (χ1) is 13.8. The molecular formula is C23H28N2O3S. The lowest BCUT2D eigenvalue weighted by atomic mass is 9.87. The fraction of sp³-hybridized carbons (Fsp3) is 0.435. The summed E-state index contributed by atoms with van der Waals surface area (Å²) >= 11 is 0. The zero-order chi connectivity index (χ0) is 20.6. The standard InChI is InChI=1S/C23H28N2O3S/c1-23(2)16-25(22(26)18-10-11-18)21-13-12-19(15-20(21)23)29(27,28)24-14-6-9-17-7-4-3-5-8-17/h3-5,7-8,12-13,15,18,24H,6,9-11,14,16H2,1-2H3. The number of nitrogens with zero attached hydrogens (tertiary/aromatic N) is 1. The molecule has 1 saturated carbocycles. The zero-order valence-corrected chi connectivity index (χ0v) is 17.8. The molecule has 1 aliphatic carbocycles. The number of sulfonamides is 1. The molecule has 1 amide bonds. The van der Waals surface area contributed by atoms with E-state index in [-0.39, 0.29) is 22.1 Å². The summed E-state index contributed by atoms with van der Waals surface area (Å²) in [7, 11) is -3.58. The summed E-state index contributed by atoms with van der Waals surface area (Å²) in [5.41, 5.74) is 2.72. The number of rotatable bonds is 7. The van der Waals surface area contributed by atoms with E-state index in [4.69, 9.17) is 0 Å². The van der Waals surface area contributed by atoms with Crippen LogP contribution in [0.25, 0.3) is 0 Å². The van der Waals surface area contributed by atoms with Gasteiger partial charge in [-0.25, -0.2) is 13.1 Å². The van der Waals surface area contributed by atoms with Gasteiger partial charge in [-0.15, -0.1) is 0 Å². The Balaban J connectivity index is 1.46. The van der Waals surface area contributed by atoms with E-state index in [0.29, 0.717) is 13.1 Å². The molecule has 0 spiro atoms. The Morgan fingerprint density at radius 2 is 1.86 bits per heavy atom. The average Bonchev–Trinajstić information content (AvgIpc) is 3.51. The van der Waals surface area contributed by atoms with E-state index in [0.717, 1.165) is 36.9 Å². The summed E-state index contributed by atoms with van der Waals surface area (Å²) in [5.74, 6) is 0.318. The molecule has 1 aliphatic heterocycles. The maximum atomic E-state index is 12.8. The molecule has 1 N–H and O–H groups in total. The van der Waals surface area contributed by atoms with Crippen LogP contribution < -0.4 is 9.62 Å². The molecule has 0 atom stereocenters. The van der Waals surface area contributed by atoms with E-state index in [9.17, 15) is 13.2 Å². The van der Waals surface area contributed by atoms with Crippen LogP contribution in [0.1, 0.15) is 44.2 Å². The smallest absolute Gasteiger partial charge is 0.240 e. The SMILES string of the molecule is CC1(C)CN(C(=O)C2CC2)c2ccc(S(=O)(=O)NCCCc3ccccc3)cc21. The summed E-state index contributed by atoms with van der Waals surface area (Å²) in [6.45, 7) is 5.13. The average molecular weight is 413 g/mol. The molecule has 6 heteroatoms. The second kappa shape index (κ2) is 7.58. The first-order valence-electron chi connectivity index (χ1n) is 10.3. The third-order valence-electron chi connectivity index (χ3n) is 5.82. The number of benzene rings is 2. The number of anilines is 1. The topological polar surface area (TPSA) is 66.5 Å². The second-order valence-corrected chi connectivity index (χ2v) is 10.5. The molecule has 1 heterocycles. The van der Waals surface area contributed by atoms with Crippen LogP contribution in [0.2, 0.25) is 0 Å². The molecule has 2 aromatic rings. The largest absolute Gasteiger partial charge is 0.311 e. The molecule has 29 heavy (non-hydrogen) atoms. The highest BCUT2D eigenvalue weighted by atomic mass is 32.2. The van der Waals surface area contributed by atoms with Gasteiger partial charge in [-0.2, -0.15) is 0 Å². The lowest BCUT2D eigenvalue weighted by Gasteiger charge is -2.20. The third-order valence-corrected chi connectivity index (χ3v) is 7.28. The normalized spacial score (nSPS) is 17.9. The Morgan fingerprint density at radius 3 is 2.55 bits per heavy atom. The Kier molecular flexibility index (Phi) is 5.25. The van der Waals surface area contributed by atoms with E-state index in [1.54, 1.807) is 18.2 Å². The summed E-state index contributed by atoms with van der Waals surface area (Å²) in [5, 5.41) is 0. The Bertz CT molecular complexity index is 1010. The number of carbonyl (C=O) groups excluding carboxylic acids is 1. The minimum Gasteiger partial charge on any atom is -0.311 e. The second-order valence-electron chi connectivity index (χ2n) is 8.75. The van der Waals surface area contributed by atoms with E-state index in [1.165, 1.54) is 5.56 Å². The van der Waals surface area contributed by atoms with Gasteiger partial charge in [0.15, 0.2) is 0 Å². The van der Waals surface area contributed by atoms with Crippen molar-refractivity contribution in [2.75, 3.05) is 18.0 Å². The van der Waals surface area contributed by atoms with Gasteiger partial charge in [-0.05, 0) is 55.0 Å². The van der Waals surface area contributed by atoms with Crippen LogP contribution in [0.5, 0.6) is 0 Å². The highest BCUT2D eigenvalue weighted by molar-refractivity contribution is 7.89. The number of hydrogen-bond acceptors (Lipinski definition) is 3. The molecule has 1 fully saturated rings. The van der Waals surface area contributed by atoms with Gasteiger partial charge in [0, 0.05) is 30.1 Å². The zero-order valence-electron chi connectivity index (χ0n) is 17.0. The molecule has 0 saturated heterocycles. The number of amides is 1. The van der Waals surface area contributed by atoms with Gasteiger partial charge in [-0.1, -0.05) is 44.2 Å². The quantitative estimate of drug-likeness (QED) is 0.706. The Labute approximate surface area is 173 Å². The van der Waals surface area contributed by atoms with Crippen LogP contribution in [0, 0.1) is 5.92 Å². The highest BCUT2D eigenvalue weighted by Gasteiger charge is 2.43. The fourth-order valence-corrected chi connectivity index (χ4v) is 5.10. The van der Waals surface area contributed by atoms with Gasteiger partial charge in [0.2, 0.25) is 15.9 Å². The Hall–Kier alpha value is -2.18. The van der Waals surface area contributed by atoms with Gasteiger partial charge in [0.1, 0.15) is 0 Å². The monoisotopic (exact) mass is 412 g/mol. The van der Waals surface area contributed by atoms with Crippen LogP contribution in [-0.4, -0.2) is 27.4 Å². The summed E-state index contributed by atoms with van der Waals surface area (Å²) in [6, 6.07) is 15.2.